The molecular weight excluding hydrogens is 392 g/mol. The Kier molecular flexibility index (Phi) is 5.66. The molecule has 27 heavy (non-hydrogen) atoms. The average Bonchev–Trinajstić information content (AvgIpc) is 2.61. The molecule has 0 fully saturated rings. The third kappa shape index (κ3) is 4.56. The molecule has 0 radical (unpaired) electrons. The van der Waals surface area contributed by atoms with Crippen molar-refractivity contribution in [1.82, 2.24) is 4.90 Å². The second-order valence-corrected chi connectivity index (χ2v) is 8.28. The number of nitrogens with one attached hydrogen (secondary N) is 1. The molecule has 1 aliphatic heterocycles. The number of nitro benzene ring substituents is 1. The first-order valence-corrected chi connectivity index (χ1v) is 10.2. The molecule has 0 saturated heterocycles. The number of hydrogen-bond donors (Lipinski definition) is 2. The van der Waals surface area contributed by atoms with E-state index >= 15 is 0 Å². The molecule has 1 aliphatic rings. The first kappa shape index (κ1) is 19.6. The fraction of sp³-hybridized carbons (Fsp3) is 0.294. The van der Waals surface area contributed by atoms with Gasteiger partial charge >= 0.3 is 0 Å². The second-order valence-electron chi connectivity index (χ2n) is 6.31. The summed E-state index contributed by atoms with van der Waals surface area (Å²) in [4.78, 5) is 12.6. The topological polar surface area (TPSA) is 119 Å². The molecule has 0 atom stereocenters. The molecule has 0 aliphatic carbocycles. The maximum absolute atomic E-state index is 11.4. The number of primary sulfonamides is 1. The van der Waals surface area contributed by atoms with Crippen LogP contribution in [-0.4, -0.2) is 37.9 Å². The predicted octanol–water partition coefficient (Wildman–Crippen LogP) is 2.37. The Morgan fingerprint density at radius 3 is 2.78 bits per heavy atom. The maximum atomic E-state index is 11.4. The summed E-state index contributed by atoms with van der Waals surface area (Å²) in [5.74, 6) is 0. The number of halogens is 1. The first-order chi connectivity index (χ1) is 12.8. The number of nitrogens with zero attached hydrogens (tertiary/aromatic N) is 2. The largest absolute Gasteiger partial charge is 0.378 e. The van der Waals surface area contributed by atoms with Crippen LogP contribution in [0.1, 0.15) is 11.1 Å². The van der Waals surface area contributed by atoms with Crippen LogP contribution in [0.3, 0.4) is 0 Å². The zero-order valence-electron chi connectivity index (χ0n) is 14.4. The van der Waals surface area contributed by atoms with Crippen LogP contribution < -0.4 is 10.5 Å². The number of nitrogens with two attached hydrogens (primary N) is 1. The van der Waals surface area contributed by atoms with Gasteiger partial charge in [0.25, 0.3) is 5.69 Å². The molecule has 10 heteroatoms. The molecule has 0 aromatic heterocycles. The summed E-state index contributed by atoms with van der Waals surface area (Å²) in [6, 6.07) is 9.46. The predicted molar refractivity (Wildman–Crippen MR) is 103 cm³/mol. The molecule has 3 N–H and O–H groups in total. The van der Waals surface area contributed by atoms with Crippen LogP contribution in [0.15, 0.2) is 41.3 Å². The third-order valence-corrected chi connectivity index (χ3v) is 5.79. The summed E-state index contributed by atoms with van der Waals surface area (Å²) in [7, 11) is -4.00. The monoisotopic (exact) mass is 410 g/mol. The average molecular weight is 411 g/mol. The smallest absolute Gasteiger partial charge is 0.293 e. The summed E-state index contributed by atoms with van der Waals surface area (Å²) >= 11 is 6.22. The minimum atomic E-state index is -4.00. The van der Waals surface area contributed by atoms with Gasteiger partial charge in [0.15, 0.2) is 0 Å². The molecule has 1 heterocycles. The van der Waals surface area contributed by atoms with E-state index in [4.69, 9.17) is 16.7 Å². The van der Waals surface area contributed by atoms with Crippen molar-refractivity contribution in [3.8, 4) is 0 Å². The highest BCUT2D eigenvalue weighted by Crippen LogP contribution is 2.28. The molecule has 8 nitrogen and oxygen atoms in total. The first-order valence-electron chi connectivity index (χ1n) is 8.29. The van der Waals surface area contributed by atoms with Crippen LogP contribution in [0, 0.1) is 10.1 Å². The lowest BCUT2D eigenvalue weighted by Crippen LogP contribution is -2.34. The normalized spacial score (nSPS) is 14.6. The van der Waals surface area contributed by atoms with E-state index in [1.165, 1.54) is 23.3 Å². The summed E-state index contributed by atoms with van der Waals surface area (Å²) in [6.07, 6.45) is 0.859. The van der Waals surface area contributed by atoms with Gasteiger partial charge in [-0.15, -0.1) is 0 Å². The van der Waals surface area contributed by atoms with Gasteiger partial charge in [-0.3, -0.25) is 15.0 Å². The molecule has 0 saturated carbocycles. The van der Waals surface area contributed by atoms with E-state index in [1.807, 2.05) is 12.1 Å². The Morgan fingerprint density at radius 1 is 1.30 bits per heavy atom. The molecule has 0 bridgehead atoms. The Bertz CT molecular complexity index is 981. The molecule has 144 valence electrons. The molecule has 2 aromatic carbocycles. The minimum Gasteiger partial charge on any atom is -0.378 e. The van der Waals surface area contributed by atoms with Crippen molar-refractivity contribution in [2.24, 2.45) is 5.14 Å². The van der Waals surface area contributed by atoms with Crippen LogP contribution >= 0.6 is 11.6 Å². The third-order valence-electron chi connectivity index (χ3n) is 4.53. The van der Waals surface area contributed by atoms with Gasteiger partial charge in [0, 0.05) is 37.3 Å². The van der Waals surface area contributed by atoms with Crippen LogP contribution in [0.5, 0.6) is 0 Å². The number of rotatable bonds is 6. The summed E-state index contributed by atoms with van der Waals surface area (Å²) < 4.78 is 22.8. The summed E-state index contributed by atoms with van der Waals surface area (Å²) in [5, 5.41) is 20.1. The number of nitro groups is 1. The van der Waals surface area contributed by atoms with Crippen molar-refractivity contribution in [1.29, 1.82) is 0 Å². The highest BCUT2D eigenvalue weighted by Gasteiger charge is 2.20. The standard InChI is InChI=1S/C17H19ClN4O4S/c18-15-3-1-2-12-11-21(8-6-14(12)15)9-7-20-16-5-4-13(27(19,25)26)10-17(16)22(23)24/h1-5,10,20H,6-9,11H2,(H2,19,25,26). The lowest BCUT2D eigenvalue weighted by atomic mass is 10.00. The molecule has 0 spiro atoms. The molecule has 3 rings (SSSR count). The van der Waals surface area contributed by atoms with Crippen LogP contribution in [-0.2, 0) is 23.0 Å². The SMILES string of the molecule is NS(=O)(=O)c1ccc(NCCN2CCc3c(Cl)cccc3C2)c([N+](=O)[O-])c1. The Balaban J connectivity index is 1.65. The van der Waals surface area contributed by atoms with Crippen molar-refractivity contribution >= 4 is 33.0 Å². The van der Waals surface area contributed by atoms with Crippen molar-refractivity contribution in [2.75, 3.05) is 25.0 Å². The van der Waals surface area contributed by atoms with Gasteiger partial charge < -0.3 is 5.32 Å². The van der Waals surface area contributed by atoms with Gasteiger partial charge in [0.05, 0.1) is 9.82 Å². The fourth-order valence-corrected chi connectivity index (χ4v) is 3.97. The van der Waals surface area contributed by atoms with E-state index in [0.29, 0.717) is 13.1 Å². The molecule has 2 aromatic rings. The summed E-state index contributed by atoms with van der Waals surface area (Å²) in [6.45, 7) is 2.78. The Hall–Kier alpha value is -2.20. The van der Waals surface area contributed by atoms with E-state index in [0.717, 1.165) is 30.6 Å². The van der Waals surface area contributed by atoms with E-state index in [-0.39, 0.29) is 16.3 Å². The lowest BCUT2D eigenvalue weighted by Gasteiger charge is -2.29. The summed E-state index contributed by atoms with van der Waals surface area (Å²) in [5.41, 5.74) is 2.31. The molecule has 0 amide bonds. The van der Waals surface area contributed by atoms with E-state index < -0.39 is 14.9 Å². The van der Waals surface area contributed by atoms with Gasteiger partial charge in [0.2, 0.25) is 10.0 Å². The van der Waals surface area contributed by atoms with E-state index in [9.17, 15) is 18.5 Å². The van der Waals surface area contributed by atoms with Crippen LogP contribution in [0.25, 0.3) is 0 Å². The zero-order chi connectivity index (χ0) is 19.6. The highest BCUT2D eigenvalue weighted by molar-refractivity contribution is 7.89. The van der Waals surface area contributed by atoms with Gasteiger partial charge in [0.1, 0.15) is 5.69 Å². The number of hydrogen-bond acceptors (Lipinski definition) is 6. The number of sulfonamides is 1. The quantitative estimate of drug-likeness (QED) is 0.557. The Labute approximate surface area is 162 Å². The van der Waals surface area contributed by atoms with Gasteiger partial charge in [-0.2, -0.15) is 0 Å². The van der Waals surface area contributed by atoms with Crippen molar-refractivity contribution in [3.05, 3.63) is 62.7 Å². The van der Waals surface area contributed by atoms with Crippen LogP contribution in [0.2, 0.25) is 5.02 Å². The minimum absolute atomic E-state index is 0.257. The van der Waals surface area contributed by atoms with Crippen molar-refractivity contribution in [3.63, 3.8) is 0 Å². The van der Waals surface area contributed by atoms with Crippen molar-refractivity contribution in [2.45, 2.75) is 17.9 Å². The van der Waals surface area contributed by atoms with Gasteiger partial charge in [-0.1, -0.05) is 23.7 Å². The number of benzene rings is 2. The van der Waals surface area contributed by atoms with Gasteiger partial charge in [-0.05, 0) is 35.7 Å². The zero-order valence-corrected chi connectivity index (χ0v) is 16.0. The number of fused-ring (bicyclic) bond motifs is 1. The molecular formula is C17H19ClN4O4S. The van der Waals surface area contributed by atoms with E-state index in [2.05, 4.69) is 16.3 Å². The second kappa shape index (κ2) is 7.81. The van der Waals surface area contributed by atoms with Gasteiger partial charge in [-0.25, -0.2) is 13.6 Å². The van der Waals surface area contributed by atoms with E-state index in [1.54, 1.807) is 0 Å². The molecule has 0 unspecified atom stereocenters. The highest BCUT2D eigenvalue weighted by atomic mass is 35.5. The van der Waals surface area contributed by atoms with Crippen molar-refractivity contribution < 1.29 is 13.3 Å². The number of anilines is 1. The van der Waals surface area contributed by atoms with Crippen LogP contribution in [0.4, 0.5) is 11.4 Å². The maximum Gasteiger partial charge on any atom is 0.293 e. The Morgan fingerprint density at radius 2 is 2.07 bits per heavy atom. The fourth-order valence-electron chi connectivity index (χ4n) is 3.15. The lowest BCUT2D eigenvalue weighted by molar-refractivity contribution is -0.384.